The molecular formula is C20H13NO. The minimum absolute atomic E-state index is 0.657. The third kappa shape index (κ3) is 2.79. The molecule has 0 amide bonds. The highest BCUT2D eigenvalue weighted by atomic mass is 16.1. The molecule has 0 aliphatic heterocycles. The number of carbonyl (C=O) groups excluding carboxylic acids is 1. The van der Waals surface area contributed by atoms with Crippen molar-refractivity contribution in [3.8, 4) is 28.3 Å². The Morgan fingerprint density at radius 1 is 0.727 bits per heavy atom. The number of hydrogen-bond acceptors (Lipinski definition) is 2. The average molecular weight is 283 g/mol. The number of nitrogens with zero attached hydrogens (tertiary/aromatic N) is 1. The second-order valence-corrected chi connectivity index (χ2v) is 5.01. The van der Waals surface area contributed by atoms with Crippen LogP contribution in [0, 0.1) is 11.3 Å². The van der Waals surface area contributed by atoms with Gasteiger partial charge in [0.1, 0.15) is 6.29 Å². The molecule has 3 aromatic rings. The van der Waals surface area contributed by atoms with Gasteiger partial charge in [-0.25, -0.2) is 0 Å². The number of rotatable bonds is 3. The summed E-state index contributed by atoms with van der Waals surface area (Å²) < 4.78 is 0. The van der Waals surface area contributed by atoms with Gasteiger partial charge < -0.3 is 0 Å². The first-order chi connectivity index (χ1) is 10.8. The van der Waals surface area contributed by atoms with Crippen molar-refractivity contribution in [3.63, 3.8) is 0 Å². The Morgan fingerprint density at radius 2 is 1.27 bits per heavy atom. The summed E-state index contributed by atoms with van der Waals surface area (Å²) in [7, 11) is 0. The summed E-state index contributed by atoms with van der Waals surface area (Å²) in [5.41, 5.74) is 5.67. The topological polar surface area (TPSA) is 40.9 Å². The van der Waals surface area contributed by atoms with E-state index < -0.39 is 0 Å². The van der Waals surface area contributed by atoms with E-state index in [1.807, 2.05) is 66.7 Å². The van der Waals surface area contributed by atoms with Crippen molar-refractivity contribution in [3.05, 3.63) is 83.9 Å². The fourth-order valence-electron chi connectivity index (χ4n) is 2.37. The van der Waals surface area contributed by atoms with Crippen molar-refractivity contribution in [1.29, 1.82) is 5.26 Å². The highest BCUT2D eigenvalue weighted by Crippen LogP contribution is 2.26. The molecule has 0 aliphatic rings. The first-order valence-corrected chi connectivity index (χ1v) is 6.96. The van der Waals surface area contributed by atoms with E-state index >= 15 is 0 Å². The normalized spacial score (nSPS) is 9.95. The Kier molecular flexibility index (Phi) is 3.80. The van der Waals surface area contributed by atoms with E-state index in [0.29, 0.717) is 11.1 Å². The number of carbonyl (C=O) groups is 1. The maximum absolute atomic E-state index is 10.7. The van der Waals surface area contributed by atoms with Crippen LogP contribution in [0.4, 0.5) is 0 Å². The van der Waals surface area contributed by atoms with Crippen molar-refractivity contribution in [2.24, 2.45) is 0 Å². The van der Waals surface area contributed by atoms with Crippen molar-refractivity contribution in [2.75, 3.05) is 0 Å². The van der Waals surface area contributed by atoms with Crippen LogP contribution in [0.2, 0.25) is 0 Å². The monoisotopic (exact) mass is 283 g/mol. The molecule has 0 saturated carbocycles. The van der Waals surface area contributed by atoms with Gasteiger partial charge in [0.15, 0.2) is 0 Å². The average Bonchev–Trinajstić information content (AvgIpc) is 2.62. The van der Waals surface area contributed by atoms with Crippen LogP contribution in [0.1, 0.15) is 15.9 Å². The van der Waals surface area contributed by atoms with Gasteiger partial charge in [0.2, 0.25) is 0 Å². The molecule has 0 fully saturated rings. The SMILES string of the molecule is N#Cc1ccc(-c2cccc(-c3ccc(C=O)cc3)c2)cc1. The van der Waals surface area contributed by atoms with E-state index in [2.05, 4.69) is 12.1 Å². The second kappa shape index (κ2) is 6.07. The predicted molar refractivity (Wildman–Crippen MR) is 87.4 cm³/mol. The van der Waals surface area contributed by atoms with Crippen LogP contribution in [0.15, 0.2) is 72.8 Å². The van der Waals surface area contributed by atoms with Crippen molar-refractivity contribution < 1.29 is 4.79 Å². The summed E-state index contributed by atoms with van der Waals surface area (Å²) in [6.07, 6.45) is 0.844. The molecule has 0 aliphatic carbocycles. The van der Waals surface area contributed by atoms with E-state index in [9.17, 15) is 4.79 Å². The first kappa shape index (κ1) is 13.8. The number of aldehydes is 1. The maximum atomic E-state index is 10.7. The van der Waals surface area contributed by atoms with Gasteiger partial charge in [0.05, 0.1) is 11.6 Å². The highest BCUT2D eigenvalue weighted by Gasteiger charge is 2.02. The zero-order chi connectivity index (χ0) is 15.4. The molecule has 0 spiro atoms. The lowest BCUT2D eigenvalue weighted by molar-refractivity contribution is 0.112. The van der Waals surface area contributed by atoms with E-state index in [-0.39, 0.29) is 0 Å². The summed E-state index contributed by atoms with van der Waals surface area (Å²) in [4.78, 5) is 10.7. The molecule has 22 heavy (non-hydrogen) atoms. The number of benzene rings is 3. The fourth-order valence-corrected chi connectivity index (χ4v) is 2.37. The number of hydrogen-bond donors (Lipinski definition) is 0. The second-order valence-electron chi connectivity index (χ2n) is 5.01. The Morgan fingerprint density at radius 3 is 1.77 bits per heavy atom. The third-order valence-corrected chi connectivity index (χ3v) is 3.59. The molecule has 0 atom stereocenters. The molecule has 0 heterocycles. The van der Waals surface area contributed by atoms with Gasteiger partial charge in [0.25, 0.3) is 0 Å². The molecular weight excluding hydrogens is 270 g/mol. The van der Waals surface area contributed by atoms with Crippen molar-refractivity contribution in [2.45, 2.75) is 0 Å². The highest BCUT2D eigenvalue weighted by molar-refractivity contribution is 5.78. The number of nitriles is 1. The molecule has 104 valence electrons. The molecule has 0 saturated heterocycles. The molecule has 0 unspecified atom stereocenters. The van der Waals surface area contributed by atoms with Crippen LogP contribution in [0.25, 0.3) is 22.3 Å². The van der Waals surface area contributed by atoms with Gasteiger partial charge in [-0.05, 0) is 40.5 Å². The minimum atomic E-state index is 0.657. The summed E-state index contributed by atoms with van der Waals surface area (Å²) in [5.74, 6) is 0. The standard InChI is InChI=1S/C20H13NO/c21-13-15-4-8-17(9-5-15)19-2-1-3-20(12-19)18-10-6-16(14-22)7-11-18/h1-12,14H. The van der Waals surface area contributed by atoms with Crippen LogP contribution >= 0.6 is 0 Å². The molecule has 0 bridgehead atoms. The third-order valence-electron chi connectivity index (χ3n) is 3.59. The lowest BCUT2D eigenvalue weighted by atomic mass is 9.98. The Hall–Kier alpha value is -3.18. The molecule has 2 nitrogen and oxygen atoms in total. The van der Waals surface area contributed by atoms with Crippen LogP contribution < -0.4 is 0 Å². The Balaban J connectivity index is 1.97. The Bertz CT molecular complexity index is 840. The smallest absolute Gasteiger partial charge is 0.150 e. The zero-order valence-corrected chi connectivity index (χ0v) is 11.9. The largest absolute Gasteiger partial charge is 0.298 e. The van der Waals surface area contributed by atoms with Gasteiger partial charge in [-0.2, -0.15) is 5.26 Å². The van der Waals surface area contributed by atoms with E-state index in [4.69, 9.17) is 5.26 Å². The molecule has 3 aromatic carbocycles. The molecule has 2 heteroatoms. The summed E-state index contributed by atoms with van der Waals surface area (Å²) in [5, 5.41) is 8.86. The summed E-state index contributed by atoms with van der Waals surface area (Å²) in [6.45, 7) is 0. The van der Waals surface area contributed by atoms with Crippen molar-refractivity contribution in [1.82, 2.24) is 0 Å². The fraction of sp³-hybridized carbons (Fsp3) is 0. The van der Waals surface area contributed by atoms with E-state index in [0.717, 1.165) is 28.5 Å². The van der Waals surface area contributed by atoms with Gasteiger partial charge in [0, 0.05) is 5.56 Å². The molecule has 0 aromatic heterocycles. The molecule has 3 rings (SSSR count). The van der Waals surface area contributed by atoms with Gasteiger partial charge in [-0.3, -0.25) is 4.79 Å². The summed E-state index contributed by atoms with van der Waals surface area (Å²) in [6, 6.07) is 25.4. The minimum Gasteiger partial charge on any atom is -0.298 e. The lowest BCUT2D eigenvalue weighted by Crippen LogP contribution is -1.83. The predicted octanol–water partition coefficient (Wildman–Crippen LogP) is 4.70. The van der Waals surface area contributed by atoms with Gasteiger partial charge >= 0.3 is 0 Å². The molecule has 0 N–H and O–H groups in total. The van der Waals surface area contributed by atoms with Crippen molar-refractivity contribution >= 4 is 6.29 Å². The van der Waals surface area contributed by atoms with Crippen LogP contribution in [0.3, 0.4) is 0 Å². The van der Waals surface area contributed by atoms with Crippen LogP contribution in [0.5, 0.6) is 0 Å². The van der Waals surface area contributed by atoms with Crippen LogP contribution in [-0.2, 0) is 0 Å². The summed E-state index contributed by atoms with van der Waals surface area (Å²) >= 11 is 0. The first-order valence-electron chi connectivity index (χ1n) is 6.96. The van der Waals surface area contributed by atoms with E-state index in [1.165, 1.54) is 0 Å². The Labute approximate surface area is 129 Å². The maximum Gasteiger partial charge on any atom is 0.150 e. The lowest BCUT2D eigenvalue weighted by Gasteiger charge is -2.06. The van der Waals surface area contributed by atoms with Crippen LogP contribution in [-0.4, -0.2) is 6.29 Å². The quantitative estimate of drug-likeness (QED) is 0.653. The van der Waals surface area contributed by atoms with Gasteiger partial charge in [-0.1, -0.05) is 54.6 Å². The van der Waals surface area contributed by atoms with E-state index in [1.54, 1.807) is 0 Å². The van der Waals surface area contributed by atoms with Gasteiger partial charge in [-0.15, -0.1) is 0 Å². The molecule has 0 radical (unpaired) electrons. The zero-order valence-electron chi connectivity index (χ0n) is 11.9.